The van der Waals surface area contributed by atoms with Gasteiger partial charge in [0.15, 0.2) is 11.5 Å². The van der Waals surface area contributed by atoms with Crippen LogP contribution in [0.25, 0.3) is 6.08 Å². The second-order valence-corrected chi connectivity index (χ2v) is 8.00. The van der Waals surface area contributed by atoms with Crippen molar-refractivity contribution in [3.8, 4) is 11.5 Å². The number of carbonyl (C=O) groups is 2. The fourth-order valence-corrected chi connectivity index (χ4v) is 4.39. The van der Waals surface area contributed by atoms with Crippen LogP contribution in [0.5, 0.6) is 11.5 Å². The highest BCUT2D eigenvalue weighted by molar-refractivity contribution is 6.03. The quantitative estimate of drug-likeness (QED) is 0.702. The number of hydrogen-bond donors (Lipinski definition) is 1. The smallest absolute Gasteiger partial charge is 0.248 e. The minimum Gasteiger partial charge on any atom is -0.493 e. The average molecular weight is 421 g/mol. The SMILES string of the molecule is COc1ccc(/C=C/C(=O)Nc2ccc3c(c2)N(C(=O)C2CCCC2)CC3)cc1OC. The fourth-order valence-electron chi connectivity index (χ4n) is 4.39. The molecule has 2 aliphatic rings. The number of hydrogen-bond acceptors (Lipinski definition) is 4. The number of amides is 2. The van der Waals surface area contributed by atoms with Gasteiger partial charge in [-0.1, -0.05) is 25.0 Å². The Morgan fingerprint density at radius 2 is 1.81 bits per heavy atom. The molecule has 0 atom stereocenters. The van der Waals surface area contributed by atoms with Crippen molar-refractivity contribution >= 4 is 29.3 Å². The summed E-state index contributed by atoms with van der Waals surface area (Å²) >= 11 is 0. The summed E-state index contributed by atoms with van der Waals surface area (Å²) in [6.07, 6.45) is 8.32. The Bertz CT molecular complexity index is 1010. The van der Waals surface area contributed by atoms with E-state index in [0.717, 1.165) is 55.5 Å². The first-order valence-electron chi connectivity index (χ1n) is 10.7. The lowest BCUT2D eigenvalue weighted by atomic mass is 10.1. The topological polar surface area (TPSA) is 67.9 Å². The number of methoxy groups -OCH3 is 2. The molecule has 0 bridgehead atoms. The lowest BCUT2D eigenvalue weighted by Crippen LogP contribution is -2.33. The first-order valence-corrected chi connectivity index (χ1v) is 10.7. The molecule has 0 aromatic heterocycles. The number of carbonyl (C=O) groups excluding carboxylic acids is 2. The van der Waals surface area contributed by atoms with E-state index < -0.39 is 0 Å². The van der Waals surface area contributed by atoms with Crippen molar-refractivity contribution < 1.29 is 19.1 Å². The van der Waals surface area contributed by atoms with E-state index in [-0.39, 0.29) is 17.7 Å². The van der Waals surface area contributed by atoms with Crippen LogP contribution in [0.2, 0.25) is 0 Å². The predicted molar refractivity (Wildman–Crippen MR) is 122 cm³/mol. The third-order valence-corrected chi connectivity index (χ3v) is 6.05. The van der Waals surface area contributed by atoms with Crippen LogP contribution in [0.15, 0.2) is 42.5 Å². The maximum Gasteiger partial charge on any atom is 0.248 e. The van der Waals surface area contributed by atoms with Gasteiger partial charge >= 0.3 is 0 Å². The summed E-state index contributed by atoms with van der Waals surface area (Å²) < 4.78 is 10.5. The van der Waals surface area contributed by atoms with Crippen molar-refractivity contribution in [3.05, 3.63) is 53.6 Å². The lowest BCUT2D eigenvalue weighted by Gasteiger charge is -2.21. The van der Waals surface area contributed by atoms with E-state index in [0.29, 0.717) is 17.2 Å². The van der Waals surface area contributed by atoms with Crippen LogP contribution in [0, 0.1) is 5.92 Å². The molecule has 4 rings (SSSR count). The first-order chi connectivity index (χ1) is 15.1. The normalized spacial score (nSPS) is 15.9. The fraction of sp³-hybridized carbons (Fsp3) is 0.360. The molecule has 31 heavy (non-hydrogen) atoms. The molecule has 6 heteroatoms. The van der Waals surface area contributed by atoms with Crippen LogP contribution in [-0.2, 0) is 16.0 Å². The number of nitrogens with one attached hydrogen (secondary N) is 1. The summed E-state index contributed by atoms with van der Waals surface area (Å²) in [6, 6.07) is 11.3. The Hall–Kier alpha value is -3.28. The molecule has 1 N–H and O–H groups in total. The Labute approximate surface area is 182 Å². The van der Waals surface area contributed by atoms with Crippen LogP contribution in [0.3, 0.4) is 0 Å². The third kappa shape index (κ3) is 4.58. The highest BCUT2D eigenvalue weighted by Crippen LogP contribution is 2.35. The maximum atomic E-state index is 12.9. The summed E-state index contributed by atoms with van der Waals surface area (Å²) in [4.78, 5) is 27.3. The van der Waals surface area contributed by atoms with E-state index in [1.165, 1.54) is 6.08 Å². The summed E-state index contributed by atoms with van der Waals surface area (Å²) in [5, 5.41) is 2.90. The van der Waals surface area contributed by atoms with Gasteiger partial charge < -0.3 is 19.7 Å². The average Bonchev–Trinajstić information content (AvgIpc) is 3.47. The molecule has 0 saturated heterocycles. The van der Waals surface area contributed by atoms with E-state index in [1.807, 2.05) is 35.2 Å². The van der Waals surface area contributed by atoms with Gasteiger partial charge in [0, 0.05) is 29.9 Å². The molecule has 162 valence electrons. The standard InChI is InChI=1S/C25H28N2O4/c1-30-22-11-7-17(15-23(22)31-2)8-12-24(28)26-20-10-9-18-13-14-27(21(18)16-20)25(29)19-5-3-4-6-19/h7-12,15-16,19H,3-6,13-14H2,1-2H3,(H,26,28)/b12-8+. The minimum atomic E-state index is -0.235. The van der Waals surface area contributed by atoms with Crippen LogP contribution in [0.1, 0.15) is 36.8 Å². The molecule has 1 saturated carbocycles. The van der Waals surface area contributed by atoms with Gasteiger partial charge in [-0.3, -0.25) is 9.59 Å². The van der Waals surface area contributed by atoms with Gasteiger partial charge in [-0.25, -0.2) is 0 Å². The van der Waals surface area contributed by atoms with Gasteiger partial charge in [0.05, 0.1) is 14.2 Å². The van der Waals surface area contributed by atoms with Crippen molar-refractivity contribution in [2.24, 2.45) is 5.92 Å². The first kappa shape index (κ1) is 21.0. The van der Waals surface area contributed by atoms with E-state index in [1.54, 1.807) is 26.4 Å². The molecule has 1 heterocycles. The maximum absolute atomic E-state index is 12.9. The summed E-state index contributed by atoms with van der Waals surface area (Å²) in [6.45, 7) is 0.723. The minimum absolute atomic E-state index is 0.147. The zero-order valence-corrected chi connectivity index (χ0v) is 18.0. The third-order valence-electron chi connectivity index (χ3n) is 6.05. The lowest BCUT2D eigenvalue weighted by molar-refractivity contribution is -0.122. The van der Waals surface area contributed by atoms with Crippen molar-refractivity contribution in [2.75, 3.05) is 31.0 Å². The largest absolute Gasteiger partial charge is 0.493 e. The Balaban J connectivity index is 1.44. The predicted octanol–water partition coefficient (Wildman–Crippen LogP) is 4.44. The highest BCUT2D eigenvalue weighted by atomic mass is 16.5. The number of ether oxygens (including phenoxy) is 2. The molecule has 0 unspecified atom stereocenters. The molecular weight excluding hydrogens is 392 g/mol. The van der Waals surface area contributed by atoms with Crippen molar-refractivity contribution in [2.45, 2.75) is 32.1 Å². The number of nitrogens with zero attached hydrogens (tertiary/aromatic N) is 1. The monoisotopic (exact) mass is 420 g/mol. The van der Waals surface area contributed by atoms with Crippen LogP contribution < -0.4 is 19.7 Å². The van der Waals surface area contributed by atoms with Crippen LogP contribution in [0.4, 0.5) is 11.4 Å². The van der Waals surface area contributed by atoms with Gasteiger partial charge in [-0.15, -0.1) is 0 Å². The van der Waals surface area contributed by atoms with Crippen LogP contribution in [-0.4, -0.2) is 32.6 Å². The summed E-state index contributed by atoms with van der Waals surface area (Å²) in [5.74, 6) is 1.39. The van der Waals surface area contributed by atoms with Gasteiger partial charge in [0.1, 0.15) is 0 Å². The van der Waals surface area contributed by atoms with Crippen LogP contribution >= 0.6 is 0 Å². The highest BCUT2D eigenvalue weighted by Gasteiger charge is 2.31. The number of fused-ring (bicyclic) bond motifs is 1. The molecular formula is C25H28N2O4. The molecule has 2 aromatic carbocycles. The zero-order chi connectivity index (χ0) is 21.8. The van der Waals surface area contributed by atoms with Gasteiger partial charge in [-0.05, 0) is 60.7 Å². The molecule has 1 aliphatic heterocycles. The van der Waals surface area contributed by atoms with Crippen molar-refractivity contribution in [3.63, 3.8) is 0 Å². The number of benzene rings is 2. The second-order valence-electron chi connectivity index (χ2n) is 8.00. The zero-order valence-electron chi connectivity index (χ0n) is 18.0. The van der Waals surface area contributed by atoms with Gasteiger partial charge in [-0.2, -0.15) is 0 Å². The molecule has 0 spiro atoms. The second kappa shape index (κ2) is 9.25. The van der Waals surface area contributed by atoms with E-state index in [4.69, 9.17) is 9.47 Å². The number of anilines is 2. The summed E-state index contributed by atoms with van der Waals surface area (Å²) in [7, 11) is 3.16. The molecule has 2 aromatic rings. The van der Waals surface area contributed by atoms with Crippen molar-refractivity contribution in [1.29, 1.82) is 0 Å². The van der Waals surface area contributed by atoms with Gasteiger partial charge in [0.2, 0.25) is 11.8 Å². The van der Waals surface area contributed by atoms with Crippen molar-refractivity contribution in [1.82, 2.24) is 0 Å². The molecule has 0 radical (unpaired) electrons. The molecule has 1 aliphatic carbocycles. The Kier molecular flexibility index (Phi) is 6.26. The summed E-state index contributed by atoms with van der Waals surface area (Å²) in [5.41, 5.74) is 3.60. The van der Waals surface area contributed by atoms with E-state index in [2.05, 4.69) is 5.32 Å². The molecule has 6 nitrogen and oxygen atoms in total. The van der Waals surface area contributed by atoms with E-state index >= 15 is 0 Å². The number of rotatable bonds is 6. The molecule has 1 fully saturated rings. The van der Waals surface area contributed by atoms with Gasteiger partial charge in [0.25, 0.3) is 0 Å². The van der Waals surface area contributed by atoms with E-state index in [9.17, 15) is 9.59 Å². The molecule has 2 amide bonds. The Morgan fingerprint density at radius 3 is 2.55 bits per heavy atom. The Morgan fingerprint density at radius 1 is 1.03 bits per heavy atom.